The van der Waals surface area contributed by atoms with E-state index < -0.39 is 0 Å². The molecule has 1 heterocycles. The van der Waals surface area contributed by atoms with Crippen LogP contribution in [0.4, 0.5) is 0 Å². The summed E-state index contributed by atoms with van der Waals surface area (Å²) < 4.78 is 5.18. The van der Waals surface area contributed by atoms with Gasteiger partial charge in [0.05, 0.1) is 13.0 Å². The van der Waals surface area contributed by atoms with E-state index in [-0.39, 0.29) is 17.9 Å². The highest BCUT2D eigenvalue weighted by molar-refractivity contribution is 7.99. The first-order valence-electron chi connectivity index (χ1n) is 7.93. The van der Waals surface area contributed by atoms with Gasteiger partial charge in [0, 0.05) is 18.7 Å². The molecule has 1 aliphatic rings. The fraction of sp³-hybridized carbons (Fsp3) is 0.529. The maximum atomic E-state index is 12.4. The van der Waals surface area contributed by atoms with Crippen molar-refractivity contribution in [3.8, 4) is 5.75 Å². The van der Waals surface area contributed by atoms with Gasteiger partial charge in [0.2, 0.25) is 11.8 Å². The standard InChI is InChI=1S/C17H24N2O3S/c1-3-4-8-16(20)19-12-23-11-15(19)17(21)18-10-13-6-5-7-14(9-13)22-2/h5-7,9,15H,3-4,8,10-12H2,1-2H3,(H,18,21). The van der Waals surface area contributed by atoms with Crippen molar-refractivity contribution in [3.63, 3.8) is 0 Å². The van der Waals surface area contributed by atoms with E-state index in [4.69, 9.17) is 4.74 Å². The average Bonchev–Trinajstić information content (AvgIpc) is 3.07. The molecule has 5 nitrogen and oxygen atoms in total. The molecule has 0 radical (unpaired) electrons. The molecule has 1 unspecified atom stereocenters. The highest BCUT2D eigenvalue weighted by Gasteiger charge is 2.33. The highest BCUT2D eigenvalue weighted by atomic mass is 32.2. The minimum Gasteiger partial charge on any atom is -0.497 e. The number of nitrogens with zero attached hydrogens (tertiary/aromatic N) is 1. The zero-order chi connectivity index (χ0) is 16.7. The Morgan fingerprint density at radius 1 is 1.43 bits per heavy atom. The number of rotatable bonds is 7. The zero-order valence-corrected chi connectivity index (χ0v) is 14.5. The second kappa shape index (κ2) is 8.82. The summed E-state index contributed by atoms with van der Waals surface area (Å²) in [7, 11) is 1.62. The molecule has 6 heteroatoms. The van der Waals surface area contributed by atoms with Crippen LogP contribution in [0, 0.1) is 0 Å². The summed E-state index contributed by atoms with van der Waals surface area (Å²) in [5.74, 6) is 2.05. The van der Waals surface area contributed by atoms with E-state index >= 15 is 0 Å². The second-order valence-electron chi connectivity index (χ2n) is 5.55. The topological polar surface area (TPSA) is 58.6 Å². The van der Waals surface area contributed by atoms with E-state index in [0.717, 1.165) is 24.2 Å². The fourth-order valence-corrected chi connectivity index (χ4v) is 3.65. The number of hydrogen-bond donors (Lipinski definition) is 1. The first-order valence-corrected chi connectivity index (χ1v) is 9.09. The van der Waals surface area contributed by atoms with Crippen molar-refractivity contribution in [1.82, 2.24) is 10.2 Å². The minimum absolute atomic E-state index is 0.0809. The summed E-state index contributed by atoms with van der Waals surface area (Å²) in [4.78, 5) is 26.3. The van der Waals surface area contributed by atoms with Crippen molar-refractivity contribution in [2.75, 3.05) is 18.7 Å². The lowest BCUT2D eigenvalue weighted by Crippen LogP contribution is -2.47. The van der Waals surface area contributed by atoms with Gasteiger partial charge in [0.15, 0.2) is 0 Å². The van der Waals surface area contributed by atoms with Gasteiger partial charge in [-0.3, -0.25) is 9.59 Å². The Morgan fingerprint density at radius 3 is 3.00 bits per heavy atom. The molecule has 126 valence electrons. The van der Waals surface area contributed by atoms with Crippen LogP contribution in [0.1, 0.15) is 31.7 Å². The van der Waals surface area contributed by atoms with E-state index in [1.807, 2.05) is 24.3 Å². The predicted molar refractivity (Wildman–Crippen MR) is 92.3 cm³/mol. The molecule has 2 rings (SSSR count). The fourth-order valence-electron chi connectivity index (χ4n) is 2.47. The van der Waals surface area contributed by atoms with Gasteiger partial charge >= 0.3 is 0 Å². The van der Waals surface area contributed by atoms with Crippen LogP contribution >= 0.6 is 11.8 Å². The Morgan fingerprint density at radius 2 is 2.26 bits per heavy atom. The molecule has 0 bridgehead atoms. The van der Waals surface area contributed by atoms with E-state index in [1.54, 1.807) is 23.8 Å². The number of thioether (sulfide) groups is 1. The lowest BCUT2D eigenvalue weighted by Gasteiger charge is -2.23. The molecule has 0 aliphatic carbocycles. The van der Waals surface area contributed by atoms with Crippen molar-refractivity contribution >= 4 is 23.6 Å². The predicted octanol–water partition coefficient (Wildman–Crippen LogP) is 2.40. The van der Waals surface area contributed by atoms with Gasteiger partial charge in [0.25, 0.3) is 0 Å². The van der Waals surface area contributed by atoms with Gasteiger partial charge in [-0.25, -0.2) is 0 Å². The lowest BCUT2D eigenvalue weighted by molar-refractivity contribution is -0.138. The third-order valence-electron chi connectivity index (χ3n) is 3.85. The first-order chi connectivity index (χ1) is 11.2. The maximum Gasteiger partial charge on any atom is 0.243 e. The van der Waals surface area contributed by atoms with E-state index in [9.17, 15) is 9.59 Å². The number of carbonyl (C=O) groups is 2. The van der Waals surface area contributed by atoms with Gasteiger partial charge in [-0.2, -0.15) is 0 Å². The van der Waals surface area contributed by atoms with Crippen LogP contribution in [0.3, 0.4) is 0 Å². The van der Waals surface area contributed by atoms with Gasteiger partial charge < -0.3 is 15.0 Å². The van der Waals surface area contributed by atoms with E-state index in [2.05, 4.69) is 12.2 Å². The van der Waals surface area contributed by atoms with Gasteiger partial charge in [-0.1, -0.05) is 25.5 Å². The Bertz CT molecular complexity index is 550. The second-order valence-corrected chi connectivity index (χ2v) is 6.55. The maximum absolute atomic E-state index is 12.4. The summed E-state index contributed by atoms with van der Waals surface area (Å²) in [6.07, 6.45) is 2.38. The number of amides is 2. The number of unbranched alkanes of at least 4 members (excludes halogenated alkanes) is 1. The Labute approximate surface area is 141 Å². The number of methoxy groups -OCH3 is 1. The third kappa shape index (κ3) is 4.89. The summed E-state index contributed by atoms with van der Waals surface area (Å²) in [6, 6.07) is 7.25. The summed E-state index contributed by atoms with van der Waals surface area (Å²) in [5.41, 5.74) is 0.979. The number of benzene rings is 1. The van der Waals surface area contributed by atoms with Gasteiger partial charge in [-0.05, 0) is 24.1 Å². The number of nitrogens with one attached hydrogen (secondary N) is 1. The van der Waals surface area contributed by atoms with Crippen molar-refractivity contribution in [3.05, 3.63) is 29.8 Å². The molecule has 0 spiro atoms. The molecule has 23 heavy (non-hydrogen) atoms. The number of hydrogen-bond acceptors (Lipinski definition) is 4. The Hall–Kier alpha value is -1.69. The Balaban J connectivity index is 1.89. The lowest BCUT2D eigenvalue weighted by atomic mass is 10.2. The normalized spacial score (nSPS) is 17.1. The molecular formula is C17H24N2O3S. The van der Waals surface area contributed by atoms with Gasteiger partial charge in [-0.15, -0.1) is 11.8 Å². The molecule has 0 aromatic heterocycles. The Kier molecular flexibility index (Phi) is 6.77. The molecule has 2 amide bonds. The van der Waals surface area contributed by atoms with Crippen LogP contribution in [0.15, 0.2) is 24.3 Å². The summed E-state index contributed by atoms with van der Waals surface area (Å²) >= 11 is 1.63. The van der Waals surface area contributed by atoms with Crippen LogP contribution in [-0.2, 0) is 16.1 Å². The van der Waals surface area contributed by atoms with Crippen LogP contribution in [0.2, 0.25) is 0 Å². The van der Waals surface area contributed by atoms with Crippen LogP contribution in [-0.4, -0.2) is 41.5 Å². The monoisotopic (exact) mass is 336 g/mol. The first kappa shape index (κ1) is 17.7. The number of ether oxygens (including phenoxy) is 1. The zero-order valence-electron chi connectivity index (χ0n) is 13.7. The summed E-state index contributed by atoms with van der Waals surface area (Å²) in [6.45, 7) is 2.50. The third-order valence-corrected chi connectivity index (χ3v) is 4.86. The molecule has 1 atom stereocenters. The number of carbonyl (C=O) groups excluding carboxylic acids is 2. The van der Waals surface area contributed by atoms with Crippen LogP contribution in [0.25, 0.3) is 0 Å². The van der Waals surface area contributed by atoms with E-state index in [1.165, 1.54) is 0 Å². The molecular weight excluding hydrogens is 312 g/mol. The summed E-state index contributed by atoms with van der Waals surface area (Å²) in [5, 5.41) is 2.93. The van der Waals surface area contributed by atoms with Crippen LogP contribution < -0.4 is 10.1 Å². The van der Waals surface area contributed by atoms with Crippen molar-refractivity contribution in [2.24, 2.45) is 0 Å². The molecule has 1 aromatic carbocycles. The quantitative estimate of drug-likeness (QED) is 0.831. The molecule has 1 aromatic rings. The van der Waals surface area contributed by atoms with Crippen molar-refractivity contribution in [2.45, 2.75) is 38.8 Å². The smallest absolute Gasteiger partial charge is 0.243 e. The van der Waals surface area contributed by atoms with Crippen LogP contribution in [0.5, 0.6) is 5.75 Å². The minimum atomic E-state index is -0.352. The van der Waals surface area contributed by atoms with Gasteiger partial charge in [0.1, 0.15) is 11.8 Å². The largest absolute Gasteiger partial charge is 0.497 e. The SMILES string of the molecule is CCCCC(=O)N1CSCC1C(=O)NCc1cccc(OC)c1. The molecule has 1 saturated heterocycles. The molecule has 1 N–H and O–H groups in total. The molecule has 0 saturated carbocycles. The average molecular weight is 336 g/mol. The highest BCUT2D eigenvalue weighted by Crippen LogP contribution is 2.22. The van der Waals surface area contributed by atoms with Crippen molar-refractivity contribution in [1.29, 1.82) is 0 Å². The van der Waals surface area contributed by atoms with E-state index in [0.29, 0.717) is 24.6 Å². The van der Waals surface area contributed by atoms with Crippen molar-refractivity contribution < 1.29 is 14.3 Å². The molecule has 1 aliphatic heterocycles. The molecule has 1 fully saturated rings.